The second-order valence-corrected chi connectivity index (χ2v) is 8.15. The van der Waals surface area contributed by atoms with Gasteiger partial charge in [-0.1, -0.05) is 35.9 Å². The molecule has 0 spiro atoms. The number of hydrogen-bond acceptors (Lipinski definition) is 5. The van der Waals surface area contributed by atoms with Crippen LogP contribution in [0, 0.1) is 0 Å². The largest absolute Gasteiger partial charge is 0.353 e. The highest BCUT2D eigenvalue weighted by Crippen LogP contribution is 2.24. The van der Waals surface area contributed by atoms with Crippen LogP contribution < -0.4 is 15.8 Å². The fourth-order valence-corrected chi connectivity index (χ4v) is 4.33. The monoisotopic (exact) mass is 414 g/mol. The van der Waals surface area contributed by atoms with Crippen molar-refractivity contribution < 1.29 is 4.79 Å². The molecule has 0 saturated carbocycles. The third-order valence-corrected chi connectivity index (χ3v) is 5.74. The Morgan fingerprint density at radius 1 is 1.11 bits per heavy atom. The number of nitrogens with one attached hydrogen (secondary N) is 1. The minimum atomic E-state index is -0.327. The van der Waals surface area contributed by atoms with Crippen molar-refractivity contribution in [3.63, 3.8) is 0 Å². The van der Waals surface area contributed by atoms with E-state index in [4.69, 9.17) is 11.6 Å². The van der Waals surface area contributed by atoms with E-state index in [1.807, 2.05) is 30.0 Å². The van der Waals surface area contributed by atoms with E-state index in [0.29, 0.717) is 16.1 Å². The standard InChI is InChI=1S/C20H19ClN4O2S/c21-14-4-3-5-15(12-14)22-18(26)13-25-20(27)17-7-2-1-6-16(17)19(23-25)24-8-10-28-11-9-24/h1-7,12H,8-11,13H2,(H,22,26). The van der Waals surface area contributed by atoms with Gasteiger partial charge in [0, 0.05) is 40.7 Å². The first-order valence-corrected chi connectivity index (χ1v) is 10.5. The number of anilines is 2. The van der Waals surface area contributed by atoms with Gasteiger partial charge in [-0.2, -0.15) is 16.9 Å². The molecule has 1 N–H and O–H groups in total. The molecule has 2 heterocycles. The van der Waals surface area contributed by atoms with E-state index in [1.165, 1.54) is 4.68 Å². The van der Waals surface area contributed by atoms with Gasteiger partial charge in [0.2, 0.25) is 5.91 Å². The van der Waals surface area contributed by atoms with Crippen molar-refractivity contribution in [3.05, 3.63) is 63.9 Å². The number of halogens is 1. The molecule has 1 aliphatic heterocycles. The summed E-state index contributed by atoms with van der Waals surface area (Å²) in [5, 5.41) is 9.25. The molecular formula is C20H19ClN4O2S. The quantitative estimate of drug-likeness (QED) is 0.709. The van der Waals surface area contributed by atoms with Crippen molar-refractivity contribution in [2.45, 2.75) is 6.54 Å². The van der Waals surface area contributed by atoms with Crippen molar-refractivity contribution in [3.8, 4) is 0 Å². The molecule has 0 unspecified atom stereocenters. The van der Waals surface area contributed by atoms with Gasteiger partial charge in [-0.05, 0) is 24.3 Å². The Balaban J connectivity index is 1.67. The number of thioether (sulfide) groups is 1. The van der Waals surface area contributed by atoms with Crippen molar-refractivity contribution in [1.29, 1.82) is 0 Å². The number of nitrogens with zero attached hydrogens (tertiary/aromatic N) is 3. The summed E-state index contributed by atoms with van der Waals surface area (Å²) in [7, 11) is 0. The number of carbonyl (C=O) groups excluding carboxylic acids is 1. The Labute approximate surface area is 171 Å². The third kappa shape index (κ3) is 4.00. The number of amides is 1. The molecule has 28 heavy (non-hydrogen) atoms. The van der Waals surface area contributed by atoms with Gasteiger partial charge in [-0.25, -0.2) is 4.68 Å². The molecule has 0 bridgehead atoms. The van der Waals surface area contributed by atoms with Crippen LogP contribution in [0.1, 0.15) is 0 Å². The van der Waals surface area contributed by atoms with Crippen molar-refractivity contribution in [2.24, 2.45) is 0 Å². The van der Waals surface area contributed by atoms with E-state index in [1.54, 1.807) is 30.3 Å². The number of aromatic nitrogens is 2. The summed E-state index contributed by atoms with van der Waals surface area (Å²) in [5.41, 5.74) is 0.312. The molecule has 0 radical (unpaired) electrons. The van der Waals surface area contributed by atoms with Crippen LogP contribution in [0.25, 0.3) is 10.8 Å². The van der Waals surface area contributed by atoms with Crippen LogP contribution in [-0.4, -0.2) is 40.3 Å². The Morgan fingerprint density at radius 2 is 1.86 bits per heavy atom. The molecule has 1 saturated heterocycles. The van der Waals surface area contributed by atoms with E-state index in [9.17, 15) is 9.59 Å². The summed E-state index contributed by atoms with van der Waals surface area (Å²) in [6.45, 7) is 1.58. The fourth-order valence-electron chi connectivity index (χ4n) is 3.24. The summed E-state index contributed by atoms with van der Waals surface area (Å²) in [6.07, 6.45) is 0. The number of carbonyl (C=O) groups is 1. The first-order valence-electron chi connectivity index (χ1n) is 9.00. The van der Waals surface area contributed by atoms with E-state index < -0.39 is 0 Å². The van der Waals surface area contributed by atoms with Crippen molar-refractivity contribution in [1.82, 2.24) is 9.78 Å². The van der Waals surface area contributed by atoms with Crippen molar-refractivity contribution in [2.75, 3.05) is 34.8 Å². The summed E-state index contributed by atoms with van der Waals surface area (Å²) in [6, 6.07) is 14.3. The maximum Gasteiger partial charge on any atom is 0.275 e. The molecule has 6 nitrogen and oxygen atoms in total. The average Bonchev–Trinajstić information content (AvgIpc) is 2.71. The van der Waals surface area contributed by atoms with Crippen LogP contribution in [0.4, 0.5) is 11.5 Å². The Bertz CT molecular complexity index is 1080. The molecule has 0 aliphatic carbocycles. The highest BCUT2D eigenvalue weighted by atomic mass is 35.5. The Hall–Kier alpha value is -2.51. The highest BCUT2D eigenvalue weighted by molar-refractivity contribution is 7.99. The normalized spacial score (nSPS) is 14.2. The molecule has 4 rings (SSSR count). The molecule has 1 aromatic heterocycles. The van der Waals surface area contributed by atoms with Crippen LogP contribution in [0.15, 0.2) is 53.3 Å². The van der Waals surface area contributed by atoms with E-state index in [0.717, 1.165) is 35.8 Å². The molecule has 1 aliphatic rings. The number of hydrogen-bond donors (Lipinski definition) is 1. The first kappa shape index (κ1) is 18.8. The second-order valence-electron chi connectivity index (χ2n) is 6.49. The fraction of sp³-hybridized carbons (Fsp3) is 0.250. The summed E-state index contributed by atoms with van der Waals surface area (Å²) in [5.74, 6) is 2.47. The van der Waals surface area contributed by atoms with Crippen LogP contribution >= 0.6 is 23.4 Å². The smallest absolute Gasteiger partial charge is 0.275 e. The lowest BCUT2D eigenvalue weighted by Gasteiger charge is -2.28. The molecule has 144 valence electrons. The zero-order valence-corrected chi connectivity index (χ0v) is 16.7. The minimum Gasteiger partial charge on any atom is -0.353 e. The van der Waals surface area contributed by atoms with E-state index in [2.05, 4.69) is 15.3 Å². The minimum absolute atomic E-state index is 0.161. The topological polar surface area (TPSA) is 67.2 Å². The van der Waals surface area contributed by atoms with Crippen LogP contribution in [0.5, 0.6) is 0 Å². The first-order chi connectivity index (χ1) is 13.6. The lowest BCUT2D eigenvalue weighted by atomic mass is 10.1. The van der Waals surface area contributed by atoms with Crippen molar-refractivity contribution >= 4 is 51.5 Å². The van der Waals surface area contributed by atoms with Gasteiger partial charge in [0.1, 0.15) is 6.54 Å². The zero-order chi connectivity index (χ0) is 19.5. The molecular weight excluding hydrogens is 396 g/mol. The lowest BCUT2D eigenvalue weighted by Crippen LogP contribution is -2.37. The SMILES string of the molecule is O=C(Cn1nc(N2CCSCC2)c2ccccc2c1=O)Nc1cccc(Cl)c1. The maximum absolute atomic E-state index is 12.9. The van der Waals surface area contributed by atoms with Gasteiger partial charge in [0.25, 0.3) is 5.56 Å². The van der Waals surface area contributed by atoms with Gasteiger partial charge in [0.15, 0.2) is 5.82 Å². The Kier molecular flexibility index (Phi) is 5.54. The molecule has 1 amide bonds. The maximum atomic E-state index is 12.9. The van der Waals surface area contributed by atoms with Gasteiger partial charge in [-0.15, -0.1) is 0 Å². The van der Waals surface area contributed by atoms with Gasteiger partial charge in [-0.3, -0.25) is 9.59 Å². The van der Waals surface area contributed by atoms with E-state index >= 15 is 0 Å². The van der Waals surface area contributed by atoms with Crippen LogP contribution in [0.3, 0.4) is 0 Å². The number of fused-ring (bicyclic) bond motifs is 1. The summed E-state index contributed by atoms with van der Waals surface area (Å²) >= 11 is 7.87. The van der Waals surface area contributed by atoms with E-state index in [-0.39, 0.29) is 18.0 Å². The van der Waals surface area contributed by atoms with Crippen LogP contribution in [0.2, 0.25) is 5.02 Å². The molecule has 2 aromatic carbocycles. The lowest BCUT2D eigenvalue weighted by molar-refractivity contribution is -0.117. The number of benzene rings is 2. The van der Waals surface area contributed by atoms with Gasteiger partial charge >= 0.3 is 0 Å². The predicted octanol–water partition coefficient (Wildman–Crippen LogP) is 3.24. The predicted molar refractivity (Wildman–Crippen MR) is 116 cm³/mol. The average molecular weight is 415 g/mol. The molecule has 1 fully saturated rings. The van der Waals surface area contributed by atoms with Gasteiger partial charge in [0.05, 0.1) is 5.39 Å². The zero-order valence-electron chi connectivity index (χ0n) is 15.1. The molecule has 3 aromatic rings. The summed E-state index contributed by atoms with van der Waals surface area (Å²) < 4.78 is 1.25. The Morgan fingerprint density at radius 3 is 2.61 bits per heavy atom. The highest BCUT2D eigenvalue weighted by Gasteiger charge is 2.19. The second kappa shape index (κ2) is 8.24. The van der Waals surface area contributed by atoms with Gasteiger partial charge < -0.3 is 10.2 Å². The third-order valence-electron chi connectivity index (χ3n) is 4.56. The number of rotatable bonds is 4. The summed E-state index contributed by atoms with van der Waals surface area (Å²) in [4.78, 5) is 27.6. The molecule has 0 atom stereocenters. The van der Waals surface area contributed by atoms with Crippen LogP contribution in [-0.2, 0) is 11.3 Å². The molecule has 8 heteroatoms.